The van der Waals surface area contributed by atoms with Crippen molar-refractivity contribution in [3.05, 3.63) is 83.4 Å². The molecule has 1 heterocycles. The topological polar surface area (TPSA) is 61.9 Å². The number of carbonyl (C=O) groups is 2. The molecule has 1 aliphatic rings. The maximum atomic E-state index is 14.4. The molecule has 34 heavy (non-hydrogen) atoms. The Morgan fingerprint density at radius 3 is 2.29 bits per heavy atom. The normalized spacial score (nSPS) is 15.2. The predicted octanol–water partition coefficient (Wildman–Crippen LogP) is 5.26. The van der Waals surface area contributed by atoms with Crippen LogP contribution in [-0.2, 0) is 16.1 Å². The van der Waals surface area contributed by atoms with Crippen molar-refractivity contribution in [2.24, 2.45) is 0 Å². The zero-order valence-corrected chi connectivity index (χ0v) is 19.1. The molecule has 3 aromatic rings. The molecule has 4 rings (SSSR count). The van der Waals surface area contributed by atoms with Crippen LogP contribution < -0.4 is 15.1 Å². The number of anilines is 4. The fourth-order valence-corrected chi connectivity index (χ4v) is 4.00. The fraction of sp³-hybridized carbons (Fsp3) is 0.231. The molecular weight excluding hydrogens is 440 g/mol. The van der Waals surface area contributed by atoms with Crippen LogP contribution in [0.25, 0.3) is 0 Å². The molecule has 0 spiro atoms. The summed E-state index contributed by atoms with van der Waals surface area (Å²) in [6.45, 7) is 3.68. The summed E-state index contributed by atoms with van der Waals surface area (Å²) in [7, 11) is 1.68. The molecule has 0 aliphatic carbocycles. The first-order valence-electron chi connectivity index (χ1n) is 11.0. The first-order valence-corrected chi connectivity index (χ1v) is 11.0. The first-order chi connectivity index (χ1) is 16.3. The standard InChI is InChI=1S/C26H25F2N3O3/c1-4-34-26(33)17-8-10-18(11-9-17)29-19-12-13-23-24(14-19)31(16(2)25(32)30(23)3)15-20-21(27)6-5-7-22(20)28/h5-14,16,29H,4,15H2,1-3H3/t16-/m1/s1. The lowest BCUT2D eigenvalue weighted by Gasteiger charge is -2.40. The Bertz CT molecular complexity index is 1210. The lowest BCUT2D eigenvalue weighted by atomic mass is 10.0. The van der Waals surface area contributed by atoms with Crippen LogP contribution in [0.3, 0.4) is 0 Å². The van der Waals surface area contributed by atoms with Crippen molar-refractivity contribution >= 4 is 34.6 Å². The number of hydrogen-bond donors (Lipinski definition) is 1. The minimum Gasteiger partial charge on any atom is -0.462 e. The lowest BCUT2D eigenvalue weighted by molar-refractivity contribution is -0.119. The number of rotatable bonds is 6. The van der Waals surface area contributed by atoms with Crippen molar-refractivity contribution in [2.75, 3.05) is 28.8 Å². The van der Waals surface area contributed by atoms with Gasteiger partial charge in [0.25, 0.3) is 0 Å². The van der Waals surface area contributed by atoms with E-state index in [1.807, 2.05) is 12.1 Å². The van der Waals surface area contributed by atoms with E-state index in [9.17, 15) is 18.4 Å². The van der Waals surface area contributed by atoms with Gasteiger partial charge in [0, 0.05) is 30.5 Å². The van der Waals surface area contributed by atoms with Gasteiger partial charge in [0.1, 0.15) is 17.7 Å². The molecule has 0 unspecified atom stereocenters. The number of carbonyl (C=O) groups excluding carboxylic acids is 2. The van der Waals surface area contributed by atoms with E-state index in [4.69, 9.17) is 4.74 Å². The molecule has 176 valence electrons. The van der Waals surface area contributed by atoms with E-state index in [1.165, 1.54) is 18.2 Å². The number of hydrogen-bond acceptors (Lipinski definition) is 5. The van der Waals surface area contributed by atoms with Crippen LogP contribution >= 0.6 is 0 Å². The van der Waals surface area contributed by atoms with Gasteiger partial charge in [0.15, 0.2) is 0 Å². The van der Waals surface area contributed by atoms with E-state index >= 15 is 0 Å². The molecule has 1 N–H and O–H groups in total. The molecular formula is C26H25F2N3O3. The molecule has 0 saturated heterocycles. The maximum absolute atomic E-state index is 14.4. The monoisotopic (exact) mass is 465 g/mol. The van der Waals surface area contributed by atoms with Gasteiger partial charge >= 0.3 is 5.97 Å². The molecule has 0 aromatic heterocycles. The summed E-state index contributed by atoms with van der Waals surface area (Å²) in [4.78, 5) is 27.9. The van der Waals surface area contributed by atoms with Crippen LogP contribution in [0, 0.1) is 11.6 Å². The van der Waals surface area contributed by atoms with Crippen LogP contribution in [0.15, 0.2) is 60.7 Å². The second-order valence-electron chi connectivity index (χ2n) is 8.03. The Morgan fingerprint density at radius 2 is 1.65 bits per heavy atom. The number of amides is 1. The predicted molar refractivity (Wildman–Crippen MR) is 128 cm³/mol. The van der Waals surface area contributed by atoms with Gasteiger partial charge in [0.2, 0.25) is 5.91 Å². The number of halogens is 2. The zero-order chi connectivity index (χ0) is 24.4. The molecule has 0 bridgehead atoms. The van der Waals surface area contributed by atoms with Crippen molar-refractivity contribution in [1.29, 1.82) is 0 Å². The van der Waals surface area contributed by atoms with E-state index in [2.05, 4.69) is 5.32 Å². The van der Waals surface area contributed by atoms with Crippen molar-refractivity contribution in [3.63, 3.8) is 0 Å². The summed E-state index contributed by atoms with van der Waals surface area (Å²) in [6, 6.07) is 15.4. The summed E-state index contributed by atoms with van der Waals surface area (Å²) in [5.41, 5.74) is 3.13. The van der Waals surface area contributed by atoms with Gasteiger partial charge in [-0.2, -0.15) is 0 Å². The van der Waals surface area contributed by atoms with E-state index in [1.54, 1.807) is 61.0 Å². The van der Waals surface area contributed by atoms with Crippen LogP contribution in [0.5, 0.6) is 0 Å². The fourth-order valence-electron chi connectivity index (χ4n) is 4.00. The molecule has 8 heteroatoms. The molecule has 1 amide bonds. The summed E-state index contributed by atoms with van der Waals surface area (Å²) in [5, 5.41) is 3.27. The highest BCUT2D eigenvalue weighted by atomic mass is 19.1. The number of ether oxygens (including phenoxy) is 1. The number of benzene rings is 3. The van der Waals surface area contributed by atoms with E-state index in [0.717, 1.165) is 11.4 Å². The van der Waals surface area contributed by atoms with Crippen molar-refractivity contribution < 1.29 is 23.1 Å². The lowest BCUT2D eigenvalue weighted by Crippen LogP contribution is -2.50. The average molecular weight is 466 g/mol. The first kappa shape index (κ1) is 23.2. The minimum absolute atomic E-state index is 0.0921. The SMILES string of the molecule is CCOC(=O)c1ccc(Nc2ccc3c(c2)N(Cc2c(F)cccc2F)[C@H](C)C(=O)N3C)cc1. The molecule has 0 saturated carbocycles. The van der Waals surface area contributed by atoms with Gasteiger partial charge in [-0.25, -0.2) is 13.6 Å². The molecule has 0 radical (unpaired) electrons. The molecule has 1 aliphatic heterocycles. The summed E-state index contributed by atoms with van der Waals surface area (Å²) < 4.78 is 33.8. The number of fused-ring (bicyclic) bond motifs is 1. The Balaban J connectivity index is 1.65. The van der Waals surface area contributed by atoms with Gasteiger partial charge in [0.05, 0.1) is 23.5 Å². The average Bonchev–Trinajstić information content (AvgIpc) is 2.82. The van der Waals surface area contributed by atoms with Crippen molar-refractivity contribution in [1.82, 2.24) is 0 Å². The Hall–Kier alpha value is -3.94. The Morgan fingerprint density at radius 1 is 1.00 bits per heavy atom. The minimum atomic E-state index is -0.656. The van der Waals surface area contributed by atoms with Crippen molar-refractivity contribution in [3.8, 4) is 0 Å². The third kappa shape index (κ3) is 4.44. The highest BCUT2D eigenvalue weighted by Crippen LogP contribution is 2.39. The zero-order valence-electron chi connectivity index (χ0n) is 19.1. The van der Waals surface area contributed by atoms with Gasteiger partial charge in [-0.15, -0.1) is 0 Å². The smallest absolute Gasteiger partial charge is 0.338 e. The number of nitrogens with one attached hydrogen (secondary N) is 1. The van der Waals surface area contributed by atoms with Gasteiger partial charge in [-0.05, 0) is 68.4 Å². The van der Waals surface area contributed by atoms with E-state index < -0.39 is 17.7 Å². The van der Waals surface area contributed by atoms with Crippen LogP contribution in [0.4, 0.5) is 31.5 Å². The molecule has 0 fully saturated rings. The second-order valence-corrected chi connectivity index (χ2v) is 8.03. The maximum Gasteiger partial charge on any atom is 0.338 e. The van der Waals surface area contributed by atoms with Crippen LogP contribution in [0.2, 0.25) is 0 Å². The number of esters is 1. The summed E-state index contributed by atoms with van der Waals surface area (Å²) in [6.07, 6.45) is 0. The number of likely N-dealkylation sites (N-methyl/N-ethyl adjacent to an activating group) is 1. The Kier molecular flexibility index (Phi) is 6.49. The van der Waals surface area contributed by atoms with Crippen molar-refractivity contribution in [2.45, 2.75) is 26.4 Å². The van der Waals surface area contributed by atoms with Crippen LogP contribution in [0.1, 0.15) is 29.8 Å². The van der Waals surface area contributed by atoms with E-state index in [0.29, 0.717) is 23.5 Å². The summed E-state index contributed by atoms with van der Waals surface area (Å²) in [5.74, 6) is -1.87. The Labute approximate surface area is 196 Å². The third-order valence-corrected chi connectivity index (χ3v) is 5.88. The largest absolute Gasteiger partial charge is 0.462 e. The van der Waals surface area contributed by atoms with Gasteiger partial charge in [-0.1, -0.05) is 6.07 Å². The van der Waals surface area contributed by atoms with E-state index in [-0.39, 0.29) is 24.0 Å². The van der Waals surface area contributed by atoms with Gasteiger partial charge in [-0.3, -0.25) is 4.79 Å². The molecule has 3 aromatic carbocycles. The second kappa shape index (κ2) is 9.51. The number of nitrogens with zero attached hydrogens (tertiary/aromatic N) is 2. The molecule has 1 atom stereocenters. The summed E-state index contributed by atoms with van der Waals surface area (Å²) >= 11 is 0. The highest BCUT2D eigenvalue weighted by Gasteiger charge is 2.34. The van der Waals surface area contributed by atoms with Gasteiger partial charge < -0.3 is 19.9 Å². The quantitative estimate of drug-likeness (QED) is 0.504. The molecule has 6 nitrogen and oxygen atoms in total. The van der Waals surface area contributed by atoms with Crippen LogP contribution in [-0.4, -0.2) is 31.6 Å². The highest BCUT2D eigenvalue weighted by molar-refractivity contribution is 6.05. The third-order valence-electron chi connectivity index (χ3n) is 5.88.